The van der Waals surface area contributed by atoms with Crippen molar-refractivity contribution in [2.45, 2.75) is 23.2 Å². The van der Waals surface area contributed by atoms with Gasteiger partial charge in [0.1, 0.15) is 11.6 Å². The maximum absolute atomic E-state index is 13.1. The molecule has 0 fully saturated rings. The average molecular weight is 453 g/mol. The number of nitrogens with zero attached hydrogens (tertiary/aromatic N) is 2. The van der Waals surface area contributed by atoms with Crippen molar-refractivity contribution >= 4 is 29.5 Å². The fraction of sp³-hybridized carbons (Fsp3) is 0.217. The van der Waals surface area contributed by atoms with E-state index < -0.39 is 17.4 Å². The van der Waals surface area contributed by atoms with Crippen LogP contribution >= 0.6 is 11.8 Å². The van der Waals surface area contributed by atoms with E-state index in [1.54, 1.807) is 48.0 Å². The number of hydrogen-bond donors (Lipinski definition) is 1. The van der Waals surface area contributed by atoms with Crippen LogP contribution in [0.15, 0.2) is 58.5 Å². The predicted octanol–water partition coefficient (Wildman–Crippen LogP) is 3.47. The summed E-state index contributed by atoms with van der Waals surface area (Å²) >= 11 is 1.33. The quantitative estimate of drug-likeness (QED) is 0.361. The first-order valence-corrected chi connectivity index (χ1v) is 10.8. The van der Waals surface area contributed by atoms with Gasteiger partial charge in [0, 0.05) is 25.1 Å². The number of anilines is 1. The fourth-order valence-electron chi connectivity index (χ4n) is 3.65. The van der Waals surface area contributed by atoms with Crippen LogP contribution in [0, 0.1) is 5.82 Å². The Kier molecular flexibility index (Phi) is 6.09. The van der Waals surface area contributed by atoms with E-state index >= 15 is 0 Å². The average Bonchev–Trinajstić information content (AvgIpc) is 2.80. The van der Waals surface area contributed by atoms with Crippen LogP contribution in [0.3, 0.4) is 0 Å². The van der Waals surface area contributed by atoms with Crippen LogP contribution in [0.4, 0.5) is 10.2 Å². The van der Waals surface area contributed by atoms with Gasteiger partial charge >= 0.3 is 5.97 Å². The standard InChI is InChI=1S/C23H20FN3O4S/c1-27-20-19(21(29)26-23(27)32-12-13-3-9-16(24)10-4-13)17(11-18(28)25-20)14-5-7-15(8-6-14)22(30)31-2/h3-10,17H,11-12H2,1-2H3,(H,25,28). The first-order chi connectivity index (χ1) is 15.4. The highest BCUT2D eigenvalue weighted by Crippen LogP contribution is 2.36. The molecule has 1 aromatic heterocycles. The summed E-state index contributed by atoms with van der Waals surface area (Å²) in [6.45, 7) is 0. The summed E-state index contributed by atoms with van der Waals surface area (Å²) in [5.74, 6) is -0.566. The van der Waals surface area contributed by atoms with Crippen LogP contribution < -0.4 is 10.9 Å². The largest absolute Gasteiger partial charge is 0.465 e. The van der Waals surface area contributed by atoms with Gasteiger partial charge in [0.25, 0.3) is 5.56 Å². The molecule has 1 atom stereocenters. The van der Waals surface area contributed by atoms with Crippen molar-refractivity contribution in [2.24, 2.45) is 7.05 Å². The first-order valence-electron chi connectivity index (χ1n) is 9.83. The van der Waals surface area contributed by atoms with Crippen molar-refractivity contribution in [1.29, 1.82) is 0 Å². The lowest BCUT2D eigenvalue weighted by Gasteiger charge is -2.27. The van der Waals surface area contributed by atoms with E-state index in [0.717, 1.165) is 11.1 Å². The van der Waals surface area contributed by atoms with E-state index in [1.807, 2.05) is 0 Å². The molecule has 7 nitrogen and oxygen atoms in total. The summed E-state index contributed by atoms with van der Waals surface area (Å²) in [5.41, 5.74) is 2.00. The molecule has 1 aliphatic rings. The second kappa shape index (κ2) is 8.96. The molecule has 1 amide bonds. The Bertz CT molecular complexity index is 1240. The SMILES string of the molecule is COC(=O)c1ccc(C2CC(=O)Nc3c2c(=O)nc(SCc2ccc(F)cc2)n3C)cc1. The zero-order valence-electron chi connectivity index (χ0n) is 17.4. The number of thioether (sulfide) groups is 1. The molecule has 32 heavy (non-hydrogen) atoms. The van der Waals surface area contributed by atoms with Crippen LogP contribution in [0.1, 0.15) is 39.4 Å². The molecule has 0 spiro atoms. The van der Waals surface area contributed by atoms with E-state index in [-0.39, 0.29) is 18.1 Å². The second-order valence-corrected chi connectivity index (χ2v) is 8.30. The first kappa shape index (κ1) is 21.8. The molecule has 0 bridgehead atoms. The highest BCUT2D eigenvalue weighted by molar-refractivity contribution is 7.98. The molecule has 1 N–H and O–H groups in total. The molecular weight excluding hydrogens is 433 g/mol. The molecule has 0 saturated carbocycles. The molecule has 0 aliphatic carbocycles. The maximum Gasteiger partial charge on any atom is 0.337 e. The third-order valence-corrected chi connectivity index (χ3v) is 6.42. The smallest absolute Gasteiger partial charge is 0.337 e. The molecule has 2 heterocycles. The van der Waals surface area contributed by atoms with Crippen molar-refractivity contribution in [1.82, 2.24) is 9.55 Å². The predicted molar refractivity (Wildman–Crippen MR) is 118 cm³/mol. The number of aromatic nitrogens is 2. The number of hydrogen-bond acceptors (Lipinski definition) is 6. The zero-order chi connectivity index (χ0) is 22.8. The van der Waals surface area contributed by atoms with Gasteiger partial charge in [-0.1, -0.05) is 36.0 Å². The van der Waals surface area contributed by atoms with Crippen molar-refractivity contribution in [3.8, 4) is 0 Å². The second-order valence-electron chi connectivity index (χ2n) is 7.35. The van der Waals surface area contributed by atoms with Gasteiger partial charge in [-0.3, -0.25) is 9.59 Å². The van der Waals surface area contributed by atoms with Crippen LogP contribution in [0.25, 0.3) is 0 Å². The van der Waals surface area contributed by atoms with Crippen LogP contribution in [-0.4, -0.2) is 28.5 Å². The third kappa shape index (κ3) is 4.29. The van der Waals surface area contributed by atoms with Gasteiger partial charge in [-0.25, -0.2) is 9.18 Å². The Hall–Kier alpha value is -3.46. The van der Waals surface area contributed by atoms with Gasteiger partial charge in [-0.2, -0.15) is 4.98 Å². The number of amides is 1. The fourth-order valence-corrected chi connectivity index (χ4v) is 4.57. The van der Waals surface area contributed by atoms with Gasteiger partial charge < -0.3 is 14.6 Å². The number of halogens is 1. The molecule has 1 unspecified atom stereocenters. The molecule has 4 rings (SSSR count). The van der Waals surface area contributed by atoms with E-state index in [2.05, 4.69) is 10.3 Å². The Labute approximate surface area is 187 Å². The number of rotatable bonds is 5. The Morgan fingerprint density at radius 3 is 2.53 bits per heavy atom. The van der Waals surface area contributed by atoms with Crippen LogP contribution in [0.5, 0.6) is 0 Å². The minimum absolute atomic E-state index is 0.101. The minimum Gasteiger partial charge on any atom is -0.465 e. The number of esters is 1. The van der Waals surface area contributed by atoms with Crippen LogP contribution in [-0.2, 0) is 22.3 Å². The van der Waals surface area contributed by atoms with Crippen molar-refractivity contribution in [3.05, 3.63) is 87.0 Å². The number of fused-ring (bicyclic) bond motifs is 1. The third-order valence-electron chi connectivity index (χ3n) is 5.32. The Morgan fingerprint density at radius 1 is 1.19 bits per heavy atom. The number of ether oxygens (including phenoxy) is 1. The number of carbonyl (C=O) groups excluding carboxylic acids is 2. The van der Waals surface area contributed by atoms with Gasteiger partial charge in [0.15, 0.2) is 5.16 Å². The molecular formula is C23H20FN3O4S. The van der Waals surface area contributed by atoms with Gasteiger partial charge in [0.05, 0.1) is 18.2 Å². The number of carbonyl (C=O) groups is 2. The number of nitrogens with one attached hydrogen (secondary N) is 1. The lowest BCUT2D eigenvalue weighted by Crippen LogP contribution is -2.33. The molecule has 164 valence electrons. The summed E-state index contributed by atoms with van der Waals surface area (Å²) in [6.07, 6.45) is 0.101. The van der Waals surface area contributed by atoms with Gasteiger partial charge in [-0.05, 0) is 35.4 Å². The van der Waals surface area contributed by atoms with E-state index in [9.17, 15) is 18.8 Å². The monoisotopic (exact) mass is 453 g/mol. The van der Waals surface area contributed by atoms with E-state index in [0.29, 0.717) is 27.9 Å². The molecule has 0 radical (unpaired) electrons. The van der Waals surface area contributed by atoms with Crippen LogP contribution in [0.2, 0.25) is 0 Å². The molecule has 3 aromatic rings. The molecule has 9 heteroatoms. The lowest BCUT2D eigenvalue weighted by molar-refractivity contribution is -0.116. The summed E-state index contributed by atoms with van der Waals surface area (Å²) in [4.78, 5) is 41.4. The van der Waals surface area contributed by atoms with E-state index in [4.69, 9.17) is 4.74 Å². The Morgan fingerprint density at radius 2 is 1.88 bits per heavy atom. The van der Waals surface area contributed by atoms with Crippen molar-refractivity contribution < 1.29 is 18.7 Å². The molecule has 2 aromatic carbocycles. The Balaban J connectivity index is 1.67. The summed E-state index contributed by atoms with van der Waals surface area (Å²) in [6, 6.07) is 12.8. The maximum atomic E-state index is 13.1. The number of methoxy groups -OCH3 is 1. The topological polar surface area (TPSA) is 90.3 Å². The van der Waals surface area contributed by atoms with Crippen molar-refractivity contribution in [3.63, 3.8) is 0 Å². The highest BCUT2D eigenvalue weighted by atomic mass is 32.2. The van der Waals surface area contributed by atoms with Crippen molar-refractivity contribution in [2.75, 3.05) is 12.4 Å². The summed E-state index contributed by atoms with van der Waals surface area (Å²) in [5, 5.41) is 3.25. The minimum atomic E-state index is -0.479. The van der Waals surface area contributed by atoms with Gasteiger partial charge in [0.2, 0.25) is 5.91 Å². The molecule has 1 aliphatic heterocycles. The summed E-state index contributed by atoms with van der Waals surface area (Å²) < 4.78 is 19.5. The van der Waals surface area contributed by atoms with Gasteiger partial charge in [-0.15, -0.1) is 0 Å². The zero-order valence-corrected chi connectivity index (χ0v) is 18.2. The highest BCUT2D eigenvalue weighted by Gasteiger charge is 2.32. The number of benzene rings is 2. The summed E-state index contributed by atoms with van der Waals surface area (Å²) in [7, 11) is 3.04. The lowest BCUT2D eigenvalue weighted by atomic mass is 9.86. The molecule has 0 saturated heterocycles. The normalized spacial score (nSPS) is 15.1. The van der Waals surface area contributed by atoms with E-state index in [1.165, 1.54) is 31.0 Å².